The summed E-state index contributed by atoms with van der Waals surface area (Å²) in [5.41, 5.74) is 9.35. The van der Waals surface area contributed by atoms with E-state index in [-0.39, 0.29) is 0 Å². The number of fused-ring (bicyclic) bond motifs is 1. The quantitative estimate of drug-likeness (QED) is 0.838. The van der Waals surface area contributed by atoms with Crippen LogP contribution in [0.2, 0.25) is 0 Å². The van der Waals surface area contributed by atoms with Crippen LogP contribution in [0.3, 0.4) is 0 Å². The van der Waals surface area contributed by atoms with E-state index in [1.165, 1.54) is 24.0 Å². The van der Waals surface area contributed by atoms with Crippen LogP contribution in [0.5, 0.6) is 0 Å². The van der Waals surface area contributed by atoms with Crippen LogP contribution in [0.25, 0.3) is 0 Å². The zero-order valence-corrected chi connectivity index (χ0v) is 9.95. The van der Waals surface area contributed by atoms with Gasteiger partial charge in [-0.15, -0.1) is 0 Å². The molecule has 0 bridgehead atoms. The number of hydrogen-bond donors (Lipinski definition) is 1. The molecule has 1 fully saturated rings. The fourth-order valence-corrected chi connectivity index (χ4v) is 2.97. The number of benzene rings is 1. The van der Waals surface area contributed by atoms with Gasteiger partial charge in [-0.1, -0.05) is 24.3 Å². The number of nitrogens with zero attached hydrogens (tertiary/aromatic N) is 1. The molecule has 0 saturated heterocycles. The Balaban J connectivity index is 1.76. The van der Waals surface area contributed by atoms with E-state index in [0.29, 0.717) is 11.5 Å². The number of nitrogens with two attached hydrogens (primary N) is 1. The summed E-state index contributed by atoms with van der Waals surface area (Å²) in [6.07, 6.45) is 2.63. The highest BCUT2D eigenvalue weighted by Crippen LogP contribution is 2.50. The SMILES string of the molecule is CC(N1Cc2ccccc2C1)C1(CN)CC1. The molecule has 0 spiro atoms. The van der Waals surface area contributed by atoms with Crippen molar-refractivity contribution in [3.8, 4) is 0 Å². The van der Waals surface area contributed by atoms with Crippen LogP contribution in [0.4, 0.5) is 0 Å². The van der Waals surface area contributed by atoms with Gasteiger partial charge in [-0.3, -0.25) is 4.90 Å². The van der Waals surface area contributed by atoms with E-state index in [1.807, 2.05) is 0 Å². The highest BCUT2D eigenvalue weighted by Gasteiger charge is 2.48. The standard InChI is InChI=1S/C14H20N2/c1-11(14(10-15)6-7-14)16-8-12-4-2-3-5-13(12)9-16/h2-5,11H,6-10,15H2,1H3. The summed E-state index contributed by atoms with van der Waals surface area (Å²) in [7, 11) is 0. The third kappa shape index (κ3) is 1.48. The van der Waals surface area contributed by atoms with Crippen LogP contribution in [-0.4, -0.2) is 17.5 Å². The molecule has 2 nitrogen and oxygen atoms in total. The molecule has 1 aliphatic heterocycles. The zero-order chi connectivity index (χ0) is 11.2. The molecule has 0 radical (unpaired) electrons. The molecular weight excluding hydrogens is 196 g/mol. The predicted octanol–water partition coefficient (Wildman–Crippen LogP) is 2.13. The molecule has 1 atom stereocenters. The second kappa shape index (κ2) is 3.57. The van der Waals surface area contributed by atoms with Crippen LogP contribution in [0.1, 0.15) is 30.9 Å². The minimum Gasteiger partial charge on any atom is -0.330 e. The Morgan fingerprint density at radius 3 is 2.25 bits per heavy atom. The van der Waals surface area contributed by atoms with E-state index in [0.717, 1.165) is 19.6 Å². The Morgan fingerprint density at radius 1 is 1.25 bits per heavy atom. The summed E-state index contributed by atoms with van der Waals surface area (Å²) in [6, 6.07) is 9.42. The molecular formula is C14H20N2. The summed E-state index contributed by atoms with van der Waals surface area (Å²) in [5, 5.41) is 0. The average molecular weight is 216 g/mol. The maximum atomic E-state index is 5.92. The van der Waals surface area contributed by atoms with Gasteiger partial charge >= 0.3 is 0 Å². The summed E-state index contributed by atoms with van der Waals surface area (Å²) < 4.78 is 0. The van der Waals surface area contributed by atoms with Crippen molar-refractivity contribution in [1.82, 2.24) is 4.90 Å². The van der Waals surface area contributed by atoms with Crippen molar-refractivity contribution < 1.29 is 0 Å². The molecule has 2 N–H and O–H groups in total. The van der Waals surface area contributed by atoms with Gasteiger partial charge in [0.25, 0.3) is 0 Å². The molecule has 86 valence electrons. The van der Waals surface area contributed by atoms with Gasteiger partial charge in [-0.25, -0.2) is 0 Å². The van der Waals surface area contributed by atoms with Crippen LogP contribution in [-0.2, 0) is 13.1 Å². The van der Waals surface area contributed by atoms with Crippen molar-refractivity contribution in [2.45, 2.75) is 38.9 Å². The van der Waals surface area contributed by atoms with Gasteiger partial charge in [0.1, 0.15) is 0 Å². The molecule has 1 saturated carbocycles. The van der Waals surface area contributed by atoms with Gasteiger partial charge in [-0.2, -0.15) is 0 Å². The first-order valence-corrected chi connectivity index (χ1v) is 6.26. The van der Waals surface area contributed by atoms with Crippen molar-refractivity contribution in [3.63, 3.8) is 0 Å². The second-order valence-electron chi connectivity index (χ2n) is 5.42. The van der Waals surface area contributed by atoms with E-state index in [1.54, 1.807) is 0 Å². The molecule has 1 aromatic rings. The minimum atomic E-state index is 0.433. The Hall–Kier alpha value is -0.860. The molecule has 3 rings (SSSR count). The Bertz CT molecular complexity index is 370. The fourth-order valence-electron chi connectivity index (χ4n) is 2.97. The highest BCUT2D eigenvalue weighted by molar-refractivity contribution is 5.30. The molecule has 2 aliphatic rings. The Kier molecular flexibility index (Phi) is 2.30. The monoisotopic (exact) mass is 216 g/mol. The van der Waals surface area contributed by atoms with E-state index in [9.17, 15) is 0 Å². The Labute approximate surface area is 97.4 Å². The summed E-state index contributed by atoms with van der Waals surface area (Å²) in [5.74, 6) is 0. The van der Waals surface area contributed by atoms with Gasteiger partial charge in [-0.05, 0) is 42.9 Å². The number of rotatable bonds is 3. The maximum absolute atomic E-state index is 5.92. The average Bonchev–Trinajstić information content (AvgIpc) is 3.00. The normalized spacial score (nSPS) is 24.1. The van der Waals surface area contributed by atoms with Gasteiger partial charge in [0.2, 0.25) is 0 Å². The van der Waals surface area contributed by atoms with Crippen molar-refractivity contribution in [1.29, 1.82) is 0 Å². The molecule has 1 aliphatic carbocycles. The van der Waals surface area contributed by atoms with Crippen LogP contribution >= 0.6 is 0 Å². The first-order chi connectivity index (χ1) is 7.75. The fraction of sp³-hybridized carbons (Fsp3) is 0.571. The second-order valence-corrected chi connectivity index (χ2v) is 5.42. The van der Waals surface area contributed by atoms with Gasteiger partial charge in [0.05, 0.1) is 0 Å². The highest BCUT2D eigenvalue weighted by atomic mass is 15.2. The molecule has 1 heterocycles. The van der Waals surface area contributed by atoms with Crippen LogP contribution in [0.15, 0.2) is 24.3 Å². The lowest BCUT2D eigenvalue weighted by molar-refractivity contribution is 0.144. The van der Waals surface area contributed by atoms with Crippen molar-refractivity contribution in [3.05, 3.63) is 35.4 Å². The lowest BCUT2D eigenvalue weighted by Gasteiger charge is -2.31. The molecule has 2 heteroatoms. The van der Waals surface area contributed by atoms with E-state index in [4.69, 9.17) is 5.73 Å². The first kappa shape index (κ1) is 10.3. The van der Waals surface area contributed by atoms with Crippen molar-refractivity contribution >= 4 is 0 Å². The predicted molar refractivity (Wildman–Crippen MR) is 65.9 cm³/mol. The van der Waals surface area contributed by atoms with Crippen LogP contribution < -0.4 is 5.73 Å². The van der Waals surface area contributed by atoms with Gasteiger partial charge < -0.3 is 5.73 Å². The molecule has 16 heavy (non-hydrogen) atoms. The molecule has 0 aromatic heterocycles. The molecule has 1 aromatic carbocycles. The van der Waals surface area contributed by atoms with Gasteiger partial charge in [0.15, 0.2) is 0 Å². The lowest BCUT2D eigenvalue weighted by atomic mass is 9.97. The molecule has 0 amide bonds. The topological polar surface area (TPSA) is 29.3 Å². The summed E-state index contributed by atoms with van der Waals surface area (Å²) in [4.78, 5) is 2.59. The third-order valence-corrected chi connectivity index (χ3v) is 4.60. The summed E-state index contributed by atoms with van der Waals surface area (Å²) in [6.45, 7) is 5.42. The van der Waals surface area contributed by atoms with Crippen molar-refractivity contribution in [2.24, 2.45) is 11.1 Å². The molecule has 1 unspecified atom stereocenters. The number of hydrogen-bond acceptors (Lipinski definition) is 2. The largest absolute Gasteiger partial charge is 0.330 e. The maximum Gasteiger partial charge on any atom is 0.0243 e. The van der Waals surface area contributed by atoms with Crippen LogP contribution in [0, 0.1) is 5.41 Å². The van der Waals surface area contributed by atoms with E-state index in [2.05, 4.69) is 36.1 Å². The Morgan fingerprint density at radius 2 is 1.81 bits per heavy atom. The van der Waals surface area contributed by atoms with E-state index >= 15 is 0 Å². The smallest absolute Gasteiger partial charge is 0.0243 e. The minimum absolute atomic E-state index is 0.433. The van der Waals surface area contributed by atoms with Gasteiger partial charge in [0, 0.05) is 19.1 Å². The lowest BCUT2D eigenvalue weighted by Crippen LogP contribution is -2.39. The van der Waals surface area contributed by atoms with Crippen molar-refractivity contribution in [2.75, 3.05) is 6.54 Å². The summed E-state index contributed by atoms with van der Waals surface area (Å²) >= 11 is 0. The zero-order valence-electron chi connectivity index (χ0n) is 9.95. The third-order valence-electron chi connectivity index (χ3n) is 4.60. The first-order valence-electron chi connectivity index (χ1n) is 6.26. The van der Waals surface area contributed by atoms with E-state index < -0.39 is 0 Å².